The quantitative estimate of drug-likeness (QED) is 0.688. The van der Waals surface area contributed by atoms with E-state index in [0.29, 0.717) is 5.69 Å². The van der Waals surface area contributed by atoms with Crippen LogP contribution in [0.4, 0.5) is 0 Å². The van der Waals surface area contributed by atoms with Crippen molar-refractivity contribution in [3.05, 3.63) is 65.9 Å². The van der Waals surface area contributed by atoms with Crippen LogP contribution in [0.25, 0.3) is 10.9 Å². The molecule has 1 amide bonds. The average Bonchev–Trinajstić information content (AvgIpc) is 2.91. The predicted molar refractivity (Wildman–Crippen MR) is 82.3 cm³/mol. The summed E-state index contributed by atoms with van der Waals surface area (Å²) >= 11 is 0. The van der Waals surface area contributed by atoms with E-state index in [0.717, 1.165) is 16.5 Å². The zero-order valence-corrected chi connectivity index (χ0v) is 11.6. The number of phenols is 1. The molecule has 4 nitrogen and oxygen atoms in total. The molecule has 0 aliphatic rings. The molecular formula is C17H16N2O2. The maximum atomic E-state index is 12.3. The summed E-state index contributed by atoms with van der Waals surface area (Å²) < 4.78 is 0. The minimum absolute atomic E-state index is 0.0708. The van der Waals surface area contributed by atoms with Gasteiger partial charge in [-0.25, -0.2) is 0 Å². The van der Waals surface area contributed by atoms with E-state index >= 15 is 0 Å². The number of carbonyl (C=O) groups is 1. The second-order valence-corrected chi connectivity index (χ2v) is 5.06. The fourth-order valence-electron chi connectivity index (χ4n) is 2.34. The number of rotatable bonds is 3. The summed E-state index contributed by atoms with van der Waals surface area (Å²) in [6, 6.07) is 16.5. The molecule has 0 spiro atoms. The zero-order chi connectivity index (χ0) is 14.8. The van der Waals surface area contributed by atoms with Crippen molar-refractivity contribution < 1.29 is 9.90 Å². The Kier molecular flexibility index (Phi) is 3.36. The number of fused-ring (bicyclic) bond motifs is 1. The molecule has 0 saturated carbocycles. The molecule has 3 rings (SSSR count). The standard InChI is InChI=1S/C17H16N2O2/c1-11(12-5-3-2-4-6-12)18-17(21)16-9-13-7-8-14(20)10-15(13)19-16/h2-11,19-20H,1H3,(H,18,21)/t11-/m1/s1. The summed E-state index contributed by atoms with van der Waals surface area (Å²) in [5.41, 5.74) is 2.28. The van der Waals surface area contributed by atoms with Crippen molar-refractivity contribution in [2.45, 2.75) is 13.0 Å². The van der Waals surface area contributed by atoms with E-state index in [1.165, 1.54) is 0 Å². The van der Waals surface area contributed by atoms with Crippen molar-refractivity contribution in [1.29, 1.82) is 0 Å². The molecule has 21 heavy (non-hydrogen) atoms. The lowest BCUT2D eigenvalue weighted by Gasteiger charge is -2.13. The number of carbonyl (C=O) groups excluding carboxylic acids is 1. The third-order valence-electron chi connectivity index (χ3n) is 3.50. The van der Waals surface area contributed by atoms with Crippen LogP contribution >= 0.6 is 0 Å². The number of hydrogen-bond donors (Lipinski definition) is 3. The molecule has 0 radical (unpaired) electrons. The van der Waals surface area contributed by atoms with Crippen molar-refractivity contribution in [3.8, 4) is 5.75 Å². The van der Waals surface area contributed by atoms with Crippen molar-refractivity contribution in [2.24, 2.45) is 0 Å². The van der Waals surface area contributed by atoms with E-state index in [-0.39, 0.29) is 17.7 Å². The number of aromatic nitrogens is 1. The van der Waals surface area contributed by atoms with Crippen LogP contribution in [0.5, 0.6) is 5.75 Å². The largest absolute Gasteiger partial charge is 0.508 e. The predicted octanol–water partition coefficient (Wildman–Crippen LogP) is 3.36. The van der Waals surface area contributed by atoms with Gasteiger partial charge in [-0.1, -0.05) is 30.3 Å². The molecule has 4 heteroatoms. The van der Waals surface area contributed by atoms with E-state index in [1.54, 1.807) is 24.3 Å². The molecule has 3 aromatic rings. The van der Waals surface area contributed by atoms with Crippen molar-refractivity contribution in [2.75, 3.05) is 0 Å². The molecule has 0 saturated heterocycles. The molecule has 1 atom stereocenters. The minimum atomic E-state index is -0.165. The molecule has 1 heterocycles. The summed E-state index contributed by atoms with van der Waals surface area (Å²) in [7, 11) is 0. The zero-order valence-electron chi connectivity index (χ0n) is 11.6. The number of H-pyrrole nitrogens is 1. The number of benzene rings is 2. The summed E-state index contributed by atoms with van der Waals surface area (Å²) in [6.45, 7) is 1.95. The lowest BCUT2D eigenvalue weighted by molar-refractivity contribution is 0.0935. The van der Waals surface area contributed by atoms with E-state index in [9.17, 15) is 9.90 Å². The van der Waals surface area contributed by atoms with Crippen LogP contribution in [0.1, 0.15) is 29.0 Å². The third-order valence-corrected chi connectivity index (χ3v) is 3.50. The monoisotopic (exact) mass is 280 g/mol. The number of amides is 1. The Hall–Kier alpha value is -2.75. The molecule has 1 aromatic heterocycles. The normalized spacial score (nSPS) is 12.2. The highest BCUT2D eigenvalue weighted by molar-refractivity contribution is 5.98. The first kappa shape index (κ1) is 13.2. The van der Waals surface area contributed by atoms with Crippen LogP contribution in [-0.4, -0.2) is 16.0 Å². The first-order valence-corrected chi connectivity index (χ1v) is 6.81. The van der Waals surface area contributed by atoms with Gasteiger partial charge in [-0.05, 0) is 30.7 Å². The third kappa shape index (κ3) is 2.74. The Morgan fingerprint density at radius 2 is 1.90 bits per heavy atom. The number of aromatic amines is 1. The molecular weight excluding hydrogens is 264 g/mol. The molecule has 3 N–H and O–H groups in total. The van der Waals surface area contributed by atoms with Crippen molar-refractivity contribution >= 4 is 16.8 Å². The van der Waals surface area contributed by atoms with Crippen LogP contribution in [0.3, 0.4) is 0 Å². The van der Waals surface area contributed by atoms with Gasteiger partial charge < -0.3 is 15.4 Å². The van der Waals surface area contributed by atoms with E-state index < -0.39 is 0 Å². The van der Waals surface area contributed by atoms with Crippen molar-refractivity contribution in [1.82, 2.24) is 10.3 Å². The van der Waals surface area contributed by atoms with Gasteiger partial charge in [0.05, 0.1) is 6.04 Å². The lowest BCUT2D eigenvalue weighted by atomic mass is 10.1. The first-order chi connectivity index (χ1) is 10.1. The maximum Gasteiger partial charge on any atom is 0.268 e. The fourth-order valence-corrected chi connectivity index (χ4v) is 2.34. The fraction of sp³-hybridized carbons (Fsp3) is 0.118. The van der Waals surface area contributed by atoms with Crippen LogP contribution in [0, 0.1) is 0 Å². The Balaban J connectivity index is 1.80. The van der Waals surface area contributed by atoms with Crippen LogP contribution in [0.2, 0.25) is 0 Å². The Morgan fingerprint density at radius 3 is 2.67 bits per heavy atom. The van der Waals surface area contributed by atoms with Gasteiger partial charge in [0.15, 0.2) is 0 Å². The lowest BCUT2D eigenvalue weighted by Crippen LogP contribution is -2.26. The molecule has 0 bridgehead atoms. The van der Waals surface area contributed by atoms with Gasteiger partial charge in [0.25, 0.3) is 5.91 Å². The van der Waals surface area contributed by atoms with Gasteiger partial charge in [0.2, 0.25) is 0 Å². The van der Waals surface area contributed by atoms with Gasteiger partial charge in [0.1, 0.15) is 11.4 Å². The summed E-state index contributed by atoms with van der Waals surface area (Å²) in [5.74, 6) is 0.0102. The summed E-state index contributed by atoms with van der Waals surface area (Å²) in [4.78, 5) is 15.3. The summed E-state index contributed by atoms with van der Waals surface area (Å²) in [6.07, 6.45) is 0. The van der Waals surface area contributed by atoms with Gasteiger partial charge in [-0.3, -0.25) is 4.79 Å². The highest BCUT2D eigenvalue weighted by Gasteiger charge is 2.13. The van der Waals surface area contributed by atoms with Gasteiger partial charge in [0, 0.05) is 17.0 Å². The van der Waals surface area contributed by atoms with Crippen LogP contribution < -0.4 is 5.32 Å². The molecule has 0 fully saturated rings. The second kappa shape index (κ2) is 5.32. The number of hydrogen-bond acceptors (Lipinski definition) is 2. The number of phenolic OH excluding ortho intramolecular Hbond substituents is 1. The SMILES string of the molecule is C[C@@H](NC(=O)c1cc2ccc(O)cc2[nH]1)c1ccccc1. The molecule has 2 aromatic carbocycles. The maximum absolute atomic E-state index is 12.3. The molecule has 0 aliphatic heterocycles. The number of aromatic hydroxyl groups is 1. The smallest absolute Gasteiger partial charge is 0.268 e. The number of nitrogens with one attached hydrogen (secondary N) is 2. The highest BCUT2D eigenvalue weighted by atomic mass is 16.3. The van der Waals surface area contributed by atoms with E-state index in [2.05, 4.69) is 10.3 Å². The van der Waals surface area contributed by atoms with Gasteiger partial charge >= 0.3 is 0 Å². The molecule has 0 unspecified atom stereocenters. The molecule has 106 valence electrons. The molecule has 0 aliphatic carbocycles. The van der Waals surface area contributed by atoms with E-state index in [1.807, 2.05) is 37.3 Å². The average molecular weight is 280 g/mol. The first-order valence-electron chi connectivity index (χ1n) is 6.81. The van der Waals surface area contributed by atoms with Gasteiger partial charge in [-0.2, -0.15) is 0 Å². The Bertz CT molecular complexity index is 778. The minimum Gasteiger partial charge on any atom is -0.508 e. The second-order valence-electron chi connectivity index (χ2n) is 5.06. The topological polar surface area (TPSA) is 65.1 Å². The van der Waals surface area contributed by atoms with Crippen LogP contribution in [0.15, 0.2) is 54.6 Å². The summed E-state index contributed by atoms with van der Waals surface area (Å²) in [5, 5.41) is 13.3. The highest BCUT2D eigenvalue weighted by Crippen LogP contribution is 2.21. The van der Waals surface area contributed by atoms with E-state index in [4.69, 9.17) is 0 Å². The van der Waals surface area contributed by atoms with Crippen LogP contribution in [-0.2, 0) is 0 Å². The Morgan fingerprint density at radius 1 is 1.14 bits per heavy atom. The van der Waals surface area contributed by atoms with Crippen molar-refractivity contribution in [3.63, 3.8) is 0 Å². The Labute approximate surface area is 122 Å². The van der Waals surface area contributed by atoms with Gasteiger partial charge in [-0.15, -0.1) is 0 Å².